The van der Waals surface area contributed by atoms with E-state index < -0.39 is 0 Å². The molecule has 1 atom stereocenters. The van der Waals surface area contributed by atoms with Crippen LogP contribution in [0, 0.1) is 11.7 Å². The summed E-state index contributed by atoms with van der Waals surface area (Å²) in [6.45, 7) is 2.16. The third kappa shape index (κ3) is 2.17. The molecule has 0 radical (unpaired) electrons. The molecular weight excluding hydrogens is 271 g/mol. The second-order valence-corrected chi connectivity index (χ2v) is 5.37. The Hall–Kier alpha value is -0.770. The molecule has 4 heteroatoms. The maximum Gasteiger partial charge on any atom is 0.139 e. The molecule has 0 saturated heterocycles. The number of halogens is 2. The first-order valence-electron chi connectivity index (χ1n) is 5.48. The lowest BCUT2D eigenvalue weighted by molar-refractivity contribution is 0.599. The Morgan fingerprint density at radius 2 is 2.12 bits per heavy atom. The van der Waals surface area contributed by atoms with Crippen LogP contribution in [-0.2, 0) is 0 Å². The molecule has 88 valence electrons. The molecule has 1 aromatic carbocycles. The van der Waals surface area contributed by atoms with Crippen molar-refractivity contribution >= 4 is 27.3 Å². The summed E-state index contributed by atoms with van der Waals surface area (Å²) in [5.74, 6) is 0.468. The number of nitrogen functional groups attached to an aromatic ring is 1. The van der Waals surface area contributed by atoms with Crippen molar-refractivity contribution in [2.24, 2.45) is 5.92 Å². The summed E-state index contributed by atoms with van der Waals surface area (Å²) in [4.78, 5) is 2.07. The van der Waals surface area contributed by atoms with E-state index in [-0.39, 0.29) is 5.82 Å². The van der Waals surface area contributed by atoms with Crippen molar-refractivity contribution in [2.75, 3.05) is 17.7 Å². The first-order valence-corrected chi connectivity index (χ1v) is 6.27. The van der Waals surface area contributed by atoms with Crippen molar-refractivity contribution in [1.82, 2.24) is 0 Å². The molecule has 1 saturated carbocycles. The largest absolute Gasteiger partial charge is 0.397 e. The highest BCUT2D eigenvalue weighted by Gasteiger charge is 2.31. The standard InChI is InChI=1S/C12H16BrFN2/c1-7(8-3-4-8)16(2)12-6-10(14)9(13)5-11(12)15/h5-8H,3-4,15H2,1-2H3. The van der Waals surface area contributed by atoms with Crippen LogP contribution in [0.2, 0.25) is 0 Å². The van der Waals surface area contributed by atoms with Gasteiger partial charge < -0.3 is 10.6 Å². The van der Waals surface area contributed by atoms with E-state index in [2.05, 4.69) is 27.8 Å². The van der Waals surface area contributed by atoms with Crippen LogP contribution in [-0.4, -0.2) is 13.1 Å². The highest BCUT2D eigenvalue weighted by atomic mass is 79.9. The number of benzene rings is 1. The summed E-state index contributed by atoms with van der Waals surface area (Å²) in [5.41, 5.74) is 7.30. The van der Waals surface area contributed by atoms with E-state index in [1.165, 1.54) is 18.9 Å². The Morgan fingerprint density at radius 3 is 2.69 bits per heavy atom. The maximum atomic E-state index is 13.5. The van der Waals surface area contributed by atoms with Crippen molar-refractivity contribution in [2.45, 2.75) is 25.8 Å². The third-order valence-corrected chi connectivity index (χ3v) is 3.97. The average molecular weight is 287 g/mol. The lowest BCUT2D eigenvalue weighted by Gasteiger charge is -2.28. The second kappa shape index (κ2) is 4.24. The van der Waals surface area contributed by atoms with Crippen LogP contribution in [0.3, 0.4) is 0 Å². The second-order valence-electron chi connectivity index (χ2n) is 4.51. The van der Waals surface area contributed by atoms with Crippen molar-refractivity contribution in [3.8, 4) is 0 Å². The minimum absolute atomic E-state index is 0.265. The summed E-state index contributed by atoms with van der Waals surface area (Å²) in [6, 6.07) is 3.54. The highest BCUT2D eigenvalue weighted by Crippen LogP contribution is 2.38. The Kier molecular flexibility index (Phi) is 3.10. The van der Waals surface area contributed by atoms with Crippen LogP contribution < -0.4 is 10.6 Å². The quantitative estimate of drug-likeness (QED) is 0.863. The first kappa shape index (κ1) is 11.7. The van der Waals surface area contributed by atoms with E-state index in [0.717, 1.165) is 11.6 Å². The number of nitrogens with two attached hydrogens (primary N) is 1. The molecule has 2 N–H and O–H groups in total. The van der Waals surface area contributed by atoms with Gasteiger partial charge in [0.2, 0.25) is 0 Å². The molecule has 1 aromatic rings. The molecule has 2 nitrogen and oxygen atoms in total. The normalized spacial score (nSPS) is 17.2. The smallest absolute Gasteiger partial charge is 0.139 e. The molecule has 16 heavy (non-hydrogen) atoms. The monoisotopic (exact) mass is 286 g/mol. The number of rotatable bonds is 3. The Balaban J connectivity index is 2.28. The summed E-state index contributed by atoms with van der Waals surface area (Å²) in [5, 5.41) is 0. The van der Waals surface area contributed by atoms with Gasteiger partial charge in [0.05, 0.1) is 15.8 Å². The van der Waals surface area contributed by atoms with E-state index >= 15 is 0 Å². The molecule has 0 amide bonds. The van der Waals surface area contributed by atoms with E-state index in [1.807, 2.05) is 7.05 Å². The molecule has 0 aromatic heterocycles. The zero-order valence-electron chi connectivity index (χ0n) is 9.50. The van der Waals surface area contributed by atoms with Crippen molar-refractivity contribution in [3.05, 3.63) is 22.4 Å². The Labute approximate surface area is 104 Å². The minimum Gasteiger partial charge on any atom is -0.397 e. The van der Waals surface area contributed by atoms with E-state index in [9.17, 15) is 4.39 Å². The van der Waals surface area contributed by atoms with Crippen LogP contribution in [0.15, 0.2) is 16.6 Å². The van der Waals surface area contributed by atoms with Gasteiger partial charge >= 0.3 is 0 Å². The van der Waals surface area contributed by atoms with Gasteiger partial charge in [0.1, 0.15) is 5.82 Å². The highest BCUT2D eigenvalue weighted by molar-refractivity contribution is 9.10. The number of hydrogen-bond donors (Lipinski definition) is 1. The van der Waals surface area contributed by atoms with Gasteiger partial charge in [0.15, 0.2) is 0 Å². The fourth-order valence-electron chi connectivity index (χ4n) is 1.97. The molecule has 0 aliphatic heterocycles. The van der Waals surface area contributed by atoms with Crippen LogP contribution in [0.4, 0.5) is 15.8 Å². The van der Waals surface area contributed by atoms with Gasteiger partial charge in [-0.15, -0.1) is 0 Å². The summed E-state index contributed by atoms with van der Waals surface area (Å²) in [7, 11) is 1.97. The van der Waals surface area contributed by atoms with Crippen molar-refractivity contribution in [3.63, 3.8) is 0 Å². The van der Waals surface area contributed by atoms with Gasteiger partial charge in [-0.05, 0) is 47.7 Å². The maximum absolute atomic E-state index is 13.5. The van der Waals surface area contributed by atoms with Gasteiger partial charge in [0.25, 0.3) is 0 Å². The third-order valence-electron chi connectivity index (χ3n) is 3.36. The SMILES string of the molecule is CC(C1CC1)N(C)c1cc(F)c(Br)cc1N. The zero-order valence-corrected chi connectivity index (χ0v) is 11.1. The van der Waals surface area contributed by atoms with Crippen LogP contribution in [0.1, 0.15) is 19.8 Å². The number of hydrogen-bond acceptors (Lipinski definition) is 2. The summed E-state index contributed by atoms with van der Waals surface area (Å²) >= 11 is 3.13. The van der Waals surface area contributed by atoms with E-state index in [4.69, 9.17) is 5.73 Å². The molecule has 2 rings (SSSR count). The van der Waals surface area contributed by atoms with Gasteiger partial charge in [-0.3, -0.25) is 0 Å². The predicted molar refractivity (Wildman–Crippen MR) is 69.1 cm³/mol. The predicted octanol–water partition coefficient (Wildman–Crippen LogP) is 3.41. The van der Waals surface area contributed by atoms with Gasteiger partial charge in [-0.1, -0.05) is 0 Å². The molecule has 1 fully saturated rings. The number of anilines is 2. The minimum atomic E-state index is -0.265. The van der Waals surface area contributed by atoms with Crippen LogP contribution in [0.5, 0.6) is 0 Å². The molecular formula is C12H16BrFN2. The molecule has 1 unspecified atom stereocenters. The van der Waals surface area contributed by atoms with Crippen LogP contribution >= 0.6 is 15.9 Å². The molecule has 0 heterocycles. The summed E-state index contributed by atoms with van der Waals surface area (Å²) in [6.07, 6.45) is 2.54. The Bertz CT molecular complexity index is 404. The van der Waals surface area contributed by atoms with E-state index in [0.29, 0.717) is 16.2 Å². The lowest BCUT2D eigenvalue weighted by Crippen LogP contribution is -2.31. The molecule has 1 aliphatic carbocycles. The Morgan fingerprint density at radius 1 is 1.50 bits per heavy atom. The first-order chi connectivity index (χ1) is 7.50. The van der Waals surface area contributed by atoms with Crippen molar-refractivity contribution in [1.29, 1.82) is 0 Å². The average Bonchev–Trinajstić information content (AvgIpc) is 3.05. The fourth-order valence-corrected chi connectivity index (χ4v) is 2.33. The number of nitrogens with zero attached hydrogens (tertiary/aromatic N) is 1. The topological polar surface area (TPSA) is 29.3 Å². The molecule has 0 spiro atoms. The lowest BCUT2D eigenvalue weighted by atomic mass is 10.1. The molecule has 1 aliphatic rings. The molecule has 0 bridgehead atoms. The summed E-state index contributed by atoms with van der Waals surface area (Å²) < 4.78 is 13.9. The van der Waals surface area contributed by atoms with Gasteiger partial charge in [0, 0.05) is 19.2 Å². The van der Waals surface area contributed by atoms with Gasteiger partial charge in [-0.2, -0.15) is 0 Å². The van der Waals surface area contributed by atoms with Crippen molar-refractivity contribution < 1.29 is 4.39 Å². The van der Waals surface area contributed by atoms with E-state index in [1.54, 1.807) is 6.07 Å². The van der Waals surface area contributed by atoms with Gasteiger partial charge in [-0.25, -0.2) is 4.39 Å². The fraction of sp³-hybridized carbons (Fsp3) is 0.500. The van der Waals surface area contributed by atoms with Crippen LogP contribution in [0.25, 0.3) is 0 Å². The zero-order chi connectivity index (χ0) is 11.9.